The van der Waals surface area contributed by atoms with Crippen molar-refractivity contribution in [2.24, 2.45) is 0 Å². The van der Waals surface area contributed by atoms with Crippen molar-refractivity contribution in [3.63, 3.8) is 0 Å². The van der Waals surface area contributed by atoms with Crippen LogP contribution in [0.5, 0.6) is 0 Å². The number of aromatic amines is 1. The van der Waals surface area contributed by atoms with E-state index in [2.05, 4.69) is 17.2 Å². The molecule has 1 heterocycles. The smallest absolute Gasteiger partial charge is 0.328 e. The van der Waals surface area contributed by atoms with E-state index in [-0.39, 0.29) is 12.5 Å². The standard InChI is InChI=1S/C12H19N3O3/c1-2-3-4-5-7-13-11(17)9-15-8-6-10(16)14-12(15)18/h6,8H,2-5,7,9H2,1H3,(H,13,17)(H,14,16,18). The number of nitrogens with zero attached hydrogens (tertiary/aromatic N) is 1. The summed E-state index contributed by atoms with van der Waals surface area (Å²) >= 11 is 0. The average Bonchev–Trinajstić information content (AvgIpc) is 2.32. The van der Waals surface area contributed by atoms with Crippen LogP contribution in [0.1, 0.15) is 32.6 Å². The Hall–Kier alpha value is -1.85. The number of nitrogens with one attached hydrogen (secondary N) is 2. The molecule has 1 aromatic heterocycles. The predicted octanol–water partition coefficient (Wildman–Crippen LogP) is 0.233. The molecule has 0 atom stereocenters. The lowest BCUT2D eigenvalue weighted by Crippen LogP contribution is -2.35. The van der Waals surface area contributed by atoms with Gasteiger partial charge in [0.05, 0.1) is 0 Å². The van der Waals surface area contributed by atoms with Crippen molar-refractivity contribution in [3.05, 3.63) is 33.1 Å². The Morgan fingerprint density at radius 2 is 2.11 bits per heavy atom. The van der Waals surface area contributed by atoms with Gasteiger partial charge in [0.15, 0.2) is 0 Å². The molecule has 0 saturated carbocycles. The number of amides is 1. The van der Waals surface area contributed by atoms with E-state index < -0.39 is 11.2 Å². The fourth-order valence-electron chi connectivity index (χ4n) is 1.56. The molecule has 0 saturated heterocycles. The fourth-order valence-corrected chi connectivity index (χ4v) is 1.56. The molecule has 18 heavy (non-hydrogen) atoms. The number of H-pyrrole nitrogens is 1. The molecule has 6 heteroatoms. The molecule has 100 valence electrons. The third kappa shape index (κ3) is 4.99. The Balaban J connectivity index is 2.36. The van der Waals surface area contributed by atoms with E-state index in [1.165, 1.54) is 16.8 Å². The number of hydrogen-bond donors (Lipinski definition) is 2. The molecule has 0 radical (unpaired) electrons. The second-order valence-electron chi connectivity index (χ2n) is 4.15. The van der Waals surface area contributed by atoms with E-state index in [1.807, 2.05) is 0 Å². The van der Waals surface area contributed by atoms with Gasteiger partial charge in [0, 0.05) is 18.8 Å². The molecule has 0 aliphatic carbocycles. The zero-order valence-corrected chi connectivity index (χ0v) is 10.6. The largest absolute Gasteiger partial charge is 0.355 e. The summed E-state index contributed by atoms with van der Waals surface area (Å²) in [6, 6.07) is 1.22. The van der Waals surface area contributed by atoms with Gasteiger partial charge >= 0.3 is 5.69 Å². The lowest BCUT2D eigenvalue weighted by Gasteiger charge is -2.06. The molecule has 1 amide bonds. The van der Waals surface area contributed by atoms with Crippen molar-refractivity contribution < 1.29 is 4.79 Å². The van der Waals surface area contributed by atoms with E-state index in [0.717, 1.165) is 25.7 Å². The first-order chi connectivity index (χ1) is 8.63. The molecule has 1 rings (SSSR count). The number of carbonyl (C=O) groups excluding carboxylic acids is 1. The Morgan fingerprint density at radius 3 is 2.78 bits per heavy atom. The van der Waals surface area contributed by atoms with Crippen molar-refractivity contribution in [3.8, 4) is 0 Å². The van der Waals surface area contributed by atoms with E-state index in [9.17, 15) is 14.4 Å². The minimum atomic E-state index is -0.566. The summed E-state index contributed by atoms with van der Waals surface area (Å²) in [6.07, 6.45) is 5.67. The van der Waals surface area contributed by atoms with Crippen LogP contribution in [0.3, 0.4) is 0 Å². The van der Waals surface area contributed by atoms with Gasteiger partial charge in [-0.05, 0) is 6.42 Å². The summed E-state index contributed by atoms with van der Waals surface area (Å²) in [4.78, 5) is 35.8. The van der Waals surface area contributed by atoms with Crippen LogP contribution in [0.15, 0.2) is 21.9 Å². The molecule has 0 unspecified atom stereocenters. The predicted molar refractivity (Wildman–Crippen MR) is 68.5 cm³/mol. The Kier molecular flexibility index (Phi) is 5.90. The van der Waals surface area contributed by atoms with Crippen LogP contribution in [0.4, 0.5) is 0 Å². The van der Waals surface area contributed by atoms with Gasteiger partial charge in [0.2, 0.25) is 5.91 Å². The maximum atomic E-state index is 11.5. The van der Waals surface area contributed by atoms with Crippen LogP contribution >= 0.6 is 0 Å². The van der Waals surface area contributed by atoms with Crippen molar-refractivity contribution in [1.82, 2.24) is 14.9 Å². The molecule has 0 aromatic carbocycles. The lowest BCUT2D eigenvalue weighted by atomic mass is 10.2. The third-order valence-electron chi connectivity index (χ3n) is 2.56. The van der Waals surface area contributed by atoms with Gasteiger partial charge in [-0.15, -0.1) is 0 Å². The number of carbonyl (C=O) groups is 1. The van der Waals surface area contributed by atoms with Gasteiger partial charge < -0.3 is 5.32 Å². The molecule has 1 aromatic rings. The summed E-state index contributed by atoms with van der Waals surface area (Å²) in [5, 5.41) is 2.74. The first-order valence-corrected chi connectivity index (χ1v) is 6.20. The third-order valence-corrected chi connectivity index (χ3v) is 2.56. The summed E-state index contributed by atoms with van der Waals surface area (Å²) in [6.45, 7) is 2.68. The molecular weight excluding hydrogens is 234 g/mol. The molecule has 0 aliphatic heterocycles. The molecule has 0 spiro atoms. The lowest BCUT2D eigenvalue weighted by molar-refractivity contribution is -0.121. The summed E-state index contributed by atoms with van der Waals surface area (Å²) < 4.78 is 1.17. The average molecular weight is 253 g/mol. The van der Waals surface area contributed by atoms with Crippen LogP contribution in [-0.4, -0.2) is 22.0 Å². The zero-order valence-electron chi connectivity index (χ0n) is 10.6. The van der Waals surface area contributed by atoms with Gasteiger partial charge in [0.1, 0.15) is 6.54 Å². The second-order valence-corrected chi connectivity index (χ2v) is 4.15. The van der Waals surface area contributed by atoms with Gasteiger partial charge in [-0.3, -0.25) is 19.1 Å². The quantitative estimate of drug-likeness (QED) is 0.682. The fraction of sp³-hybridized carbons (Fsp3) is 0.583. The van der Waals surface area contributed by atoms with E-state index in [1.54, 1.807) is 0 Å². The van der Waals surface area contributed by atoms with Gasteiger partial charge in [0.25, 0.3) is 5.56 Å². The van der Waals surface area contributed by atoms with Crippen LogP contribution in [0.25, 0.3) is 0 Å². The van der Waals surface area contributed by atoms with Crippen LogP contribution in [0.2, 0.25) is 0 Å². The number of unbranched alkanes of at least 4 members (excludes halogenated alkanes) is 3. The molecule has 0 aliphatic rings. The molecule has 6 nitrogen and oxygen atoms in total. The number of aromatic nitrogens is 2. The normalized spacial score (nSPS) is 10.3. The number of hydrogen-bond acceptors (Lipinski definition) is 3. The minimum Gasteiger partial charge on any atom is -0.355 e. The van der Waals surface area contributed by atoms with Gasteiger partial charge in [-0.1, -0.05) is 26.2 Å². The topological polar surface area (TPSA) is 84.0 Å². The monoisotopic (exact) mass is 253 g/mol. The van der Waals surface area contributed by atoms with Crippen molar-refractivity contribution in [2.45, 2.75) is 39.2 Å². The summed E-state index contributed by atoms with van der Waals surface area (Å²) in [5.41, 5.74) is -1.03. The highest BCUT2D eigenvalue weighted by molar-refractivity contribution is 5.75. The molecule has 2 N–H and O–H groups in total. The minimum absolute atomic E-state index is 0.0661. The van der Waals surface area contributed by atoms with Crippen LogP contribution in [-0.2, 0) is 11.3 Å². The van der Waals surface area contributed by atoms with E-state index in [0.29, 0.717) is 6.54 Å². The molecular formula is C12H19N3O3. The summed E-state index contributed by atoms with van der Waals surface area (Å²) in [5.74, 6) is -0.222. The SMILES string of the molecule is CCCCCCNC(=O)Cn1ccc(=O)[nH]c1=O. The van der Waals surface area contributed by atoms with Gasteiger partial charge in [-0.25, -0.2) is 4.79 Å². The highest BCUT2D eigenvalue weighted by Gasteiger charge is 2.03. The van der Waals surface area contributed by atoms with Crippen molar-refractivity contribution in [2.75, 3.05) is 6.54 Å². The molecule has 0 bridgehead atoms. The Morgan fingerprint density at radius 1 is 1.33 bits per heavy atom. The second kappa shape index (κ2) is 7.47. The Labute approximate surface area is 105 Å². The maximum absolute atomic E-state index is 11.5. The van der Waals surface area contributed by atoms with Crippen LogP contribution < -0.4 is 16.6 Å². The highest BCUT2D eigenvalue weighted by atomic mass is 16.2. The highest BCUT2D eigenvalue weighted by Crippen LogP contribution is 1.96. The van der Waals surface area contributed by atoms with Gasteiger partial charge in [-0.2, -0.15) is 0 Å². The first-order valence-electron chi connectivity index (χ1n) is 6.20. The van der Waals surface area contributed by atoms with Crippen molar-refractivity contribution >= 4 is 5.91 Å². The van der Waals surface area contributed by atoms with Crippen molar-refractivity contribution in [1.29, 1.82) is 0 Å². The molecule has 0 fully saturated rings. The van der Waals surface area contributed by atoms with E-state index in [4.69, 9.17) is 0 Å². The number of rotatable bonds is 7. The first kappa shape index (κ1) is 14.2. The summed E-state index contributed by atoms with van der Waals surface area (Å²) in [7, 11) is 0. The van der Waals surface area contributed by atoms with E-state index >= 15 is 0 Å². The zero-order chi connectivity index (χ0) is 13.4. The Bertz CT molecular complexity index is 490. The van der Waals surface area contributed by atoms with Crippen LogP contribution in [0, 0.1) is 0 Å². The maximum Gasteiger partial charge on any atom is 0.328 e.